The van der Waals surface area contributed by atoms with E-state index in [1.165, 1.54) is 16.3 Å². The smallest absolute Gasteiger partial charge is 0.135 e. The van der Waals surface area contributed by atoms with Crippen LogP contribution in [0.3, 0.4) is 0 Å². The van der Waals surface area contributed by atoms with E-state index < -0.39 is 0 Å². The molecule has 1 saturated heterocycles. The highest BCUT2D eigenvalue weighted by Crippen LogP contribution is 2.28. The van der Waals surface area contributed by atoms with Gasteiger partial charge in [-0.15, -0.1) is 5.10 Å². The molecule has 24 heavy (non-hydrogen) atoms. The summed E-state index contributed by atoms with van der Waals surface area (Å²) in [5.41, 5.74) is 1.29. The van der Waals surface area contributed by atoms with E-state index in [0.29, 0.717) is 6.04 Å². The molecule has 3 aromatic rings. The third-order valence-corrected chi connectivity index (χ3v) is 4.74. The monoisotopic (exact) mass is 322 g/mol. The van der Waals surface area contributed by atoms with Crippen LogP contribution in [0.15, 0.2) is 42.9 Å². The Kier molecular flexibility index (Phi) is 3.90. The SMILES string of the molecule is CN(C)c1ncc(CN2CCC(n3ccnn3)C2)c2ccccc12. The molecule has 1 aromatic carbocycles. The summed E-state index contributed by atoms with van der Waals surface area (Å²) in [6.45, 7) is 3.01. The number of likely N-dealkylation sites (tertiary alicyclic amines) is 1. The number of nitrogens with zero attached hydrogens (tertiary/aromatic N) is 6. The molecule has 0 saturated carbocycles. The van der Waals surface area contributed by atoms with Crippen LogP contribution in [0.25, 0.3) is 10.8 Å². The second-order valence-electron chi connectivity index (χ2n) is 6.61. The number of anilines is 1. The van der Waals surface area contributed by atoms with E-state index in [9.17, 15) is 0 Å². The minimum Gasteiger partial charge on any atom is -0.362 e. The van der Waals surface area contributed by atoms with E-state index in [2.05, 4.69) is 49.4 Å². The Morgan fingerprint density at radius 2 is 2.04 bits per heavy atom. The van der Waals surface area contributed by atoms with Crippen molar-refractivity contribution in [2.45, 2.75) is 19.0 Å². The highest BCUT2D eigenvalue weighted by molar-refractivity contribution is 5.94. The molecule has 4 rings (SSSR count). The van der Waals surface area contributed by atoms with Crippen molar-refractivity contribution in [2.75, 3.05) is 32.1 Å². The lowest BCUT2D eigenvalue weighted by atomic mass is 10.1. The third kappa shape index (κ3) is 2.73. The van der Waals surface area contributed by atoms with Crippen molar-refractivity contribution in [1.29, 1.82) is 0 Å². The van der Waals surface area contributed by atoms with Crippen molar-refractivity contribution in [1.82, 2.24) is 24.9 Å². The Morgan fingerprint density at radius 3 is 2.79 bits per heavy atom. The average molecular weight is 322 g/mol. The Bertz CT molecular complexity index is 827. The van der Waals surface area contributed by atoms with Crippen LogP contribution in [0.5, 0.6) is 0 Å². The molecule has 1 unspecified atom stereocenters. The topological polar surface area (TPSA) is 50.1 Å². The lowest BCUT2D eigenvalue weighted by molar-refractivity contribution is 0.311. The molecule has 0 aliphatic carbocycles. The molecule has 6 nitrogen and oxygen atoms in total. The predicted molar refractivity (Wildman–Crippen MR) is 95.0 cm³/mol. The van der Waals surface area contributed by atoms with Gasteiger partial charge in [0.05, 0.1) is 12.2 Å². The van der Waals surface area contributed by atoms with Gasteiger partial charge in [-0.2, -0.15) is 0 Å². The molecule has 0 amide bonds. The van der Waals surface area contributed by atoms with E-state index in [0.717, 1.165) is 31.9 Å². The third-order valence-electron chi connectivity index (χ3n) is 4.74. The van der Waals surface area contributed by atoms with Crippen LogP contribution < -0.4 is 4.90 Å². The molecular weight excluding hydrogens is 300 g/mol. The standard InChI is InChI=1S/C18H22N6/c1-22(2)18-17-6-4-3-5-16(17)14(11-19-18)12-23-9-7-15(13-23)24-10-8-20-21-24/h3-6,8,10-11,15H,7,9,12-13H2,1-2H3. The summed E-state index contributed by atoms with van der Waals surface area (Å²) >= 11 is 0. The summed E-state index contributed by atoms with van der Waals surface area (Å²) in [6, 6.07) is 8.96. The summed E-state index contributed by atoms with van der Waals surface area (Å²) in [5.74, 6) is 1.02. The Morgan fingerprint density at radius 1 is 1.21 bits per heavy atom. The molecule has 0 radical (unpaired) electrons. The van der Waals surface area contributed by atoms with E-state index in [4.69, 9.17) is 0 Å². The highest BCUT2D eigenvalue weighted by atomic mass is 15.4. The number of hydrogen-bond acceptors (Lipinski definition) is 5. The van der Waals surface area contributed by atoms with E-state index >= 15 is 0 Å². The van der Waals surface area contributed by atoms with E-state index in [1.54, 1.807) is 6.20 Å². The van der Waals surface area contributed by atoms with Gasteiger partial charge >= 0.3 is 0 Å². The van der Waals surface area contributed by atoms with Crippen LogP contribution in [0.4, 0.5) is 5.82 Å². The Balaban J connectivity index is 1.58. The van der Waals surface area contributed by atoms with Gasteiger partial charge in [0.1, 0.15) is 5.82 Å². The molecule has 6 heteroatoms. The van der Waals surface area contributed by atoms with Crippen molar-refractivity contribution in [3.63, 3.8) is 0 Å². The van der Waals surface area contributed by atoms with Crippen LogP contribution in [0.1, 0.15) is 18.0 Å². The van der Waals surface area contributed by atoms with Gasteiger partial charge in [-0.05, 0) is 17.4 Å². The molecule has 2 aromatic heterocycles. The zero-order valence-electron chi connectivity index (χ0n) is 14.1. The van der Waals surface area contributed by atoms with Crippen LogP contribution in [0, 0.1) is 0 Å². The number of benzene rings is 1. The maximum absolute atomic E-state index is 4.69. The molecule has 0 spiro atoms. The average Bonchev–Trinajstić information content (AvgIpc) is 3.26. The summed E-state index contributed by atoms with van der Waals surface area (Å²) in [4.78, 5) is 9.24. The number of rotatable bonds is 4. The maximum atomic E-state index is 4.69. The minimum atomic E-state index is 0.424. The lowest BCUT2D eigenvalue weighted by Gasteiger charge is -2.20. The second kappa shape index (κ2) is 6.20. The number of hydrogen-bond donors (Lipinski definition) is 0. The molecular formula is C18H22N6. The molecule has 3 heterocycles. The zero-order chi connectivity index (χ0) is 16.5. The van der Waals surface area contributed by atoms with Crippen LogP contribution in [0.2, 0.25) is 0 Å². The fourth-order valence-electron chi connectivity index (χ4n) is 3.54. The van der Waals surface area contributed by atoms with Gasteiger partial charge in [0, 0.05) is 51.5 Å². The fraction of sp³-hybridized carbons (Fsp3) is 0.389. The number of fused-ring (bicyclic) bond motifs is 1. The first kappa shape index (κ1) is 15.1. The fourth-order valence-corrected chi connectivity index (χ4v) is 3.54. The van der Waals surface area contributed by atoms with Crippen LogP contribution in [-0.2, 0) is 6.54 Å². The zero-order valence-corrected chi connectivity index (χ0v) is 14.1. The van der Waals surface area contributed by atoms with E-state index in [1.807, 2.05) is 31.2 Å². The van der Waals surface area contributed by atoms with Gasteiger partial charge < -0.3 is 4.90 Å². The molecule has 1 aliphatic heterocycles. The van der Waals surface area contributed by atoms with Gasteiger partial charge in [0.15, 0.2) is 0 Å². The summed E-state index contributed by atoms with van der Waals surface area (Å²) in [6.07, 6.45) is 6.85. The Labute approximate surface area is 141 Å². The van der Waals surface area contributed by atoms with E-state index in [-0.39, 0.29) is 0 Å². The summed E-state index contributed by atoms with van der Waals surface area (Å²) in [7, 11) is 4.08. The number of aromatic nitrogens is 4. The van der Waals surface area contributed by atoms with Crippen molar-refractivity contribution < 1.29 is 0 Å². The molecule has 1 aliphatic rings. The van der Waals surface area contributed by atoms with Crippen molar-refractivity contribution in [3.8, 4) is 0 Å². The predicted octanol–water partition coefficient (Wildman–Crippen LogP) is 2.34. The minimum absolute atomic E-state index is 0.424. The second-order valence-corrected chi connectivity index (χ2v) is 6.61. The largest absolute Gasteiger partial charge is 0.362 e. The van der Waals surface area contributed by atoms with Gasteiger partial charge in [-0.3, -0.25) is 4.90 Å². The van der Waals surface area contributed by atoms with Gasteiger partial charge in [0.25, 0.3) is 0 Å². The summed E-state index contributed by atoms with van der Waals surface area (Å²) in [5, 5.41) is 10.6. The van der Waals surface area contributed by atoms with Gasteiger partial charge in [-0.1, -0.05) is 29.5 Å². The van der Waals surface area contributed by atoms with Gasteiger partial charge in [0.2, 0.25) is 0 Å². The molecule has 1 atom stereocenters. The molecule has 0 N–H and O–H groups in total. The Hall–Kier alpha value is -2.47. The summed E-state index contributed by atoms with van der Waals surface area (Å²) < 4.78 is 1.98. The number of pyridine rings is 1. The quantitative estimate of drug-likeness (QED) is 0.738. The first-order valence-electron chi connectivity index (χ1n) is 8.34. The highest BCUT2D eigenvalue weighted by Gasteiger charge is 2.25. The molecule has 124 valence electrons. The first-order valence-corrected chi connectivity index (χ1v) is 8.34. The normalized spacial score (nSPS) is 18.3. The molecule has 1 fully saturated rings. The lowest BCUT2D eigenvalue weighted by Crippen LogP contribution is -2.22. The van der Waals surface area contributed by atoms with Crippen molar-refractivity contribution >= 4 is 16.6 Å². The van der Waals surface area contributed by atoms with Crippen molar-refractivity contribution in [3.05, 3.63) is 48.4 Å². The van der Waals surface area contributed by atoms with Crippen molar-refractivity contribution in [2.24, 2.45) is 0 Å². The van der Waals surface area contributed by atoms with Crippen LogP contribution >= 0.6 is 0 Å². The first-order chi connectivity index (χ1) is 11.7. The van der Waals surface area contributed by atoms with Crippen LogP contribution in [-0.4, -0.2) is 52.1 Å². The van der Waals surface area contributed by atoms with Gasteiger partial charge in [-0.25, -0.2) is 9.67 Å². The maximum Gasteiger partial charge on any atom is 0.135 e. The molecule has 0 bridgehead atoms.